The van der Waals surface area contributed by atoms with Gasteiger partial charge in [-0.2, -0.15) is 10.0 Å². The Hall–Kier alpha value is -1.98. The predicted molar refractivity (Wildman–Crippen MR) is 78.2 cm³/mol. The van der Waals surface area contributed by atoms with Crippen LogP contribution in [0.3, 0.4) is 0 Å². The molecule has 2 rings (SSSR count). The fourth-order valence-electron chi connectivity index (χ4n) is 1.50. The quantitative estimate of drug-likeness (QED) is 0.608. The minimum Gasteiger partial charge on any atom is -0.508 e. The predicted octanol–water partition coefficient (Wildman–Crippen LogP) is 5.38. The van der Waals surface area contributed by atoms with E-state index in [-0.39, 0.29) is 12.3 Å². The SMILES string of the molecule is O=NCc1cc(N=Nc2cc(Cl)ccc2Cl)ccc1O. The zero-order valence-electron chi connectivity index (χ0n) is 10.1. The Kier molecular flexibility index (Phi) is 4.65. The summed E-state index contributed by atoms with van der Waals surface area (Å²) < 4.78 is 0. The summed E-state index contributed by atoms with van der Waals surface area (Å²) >= 11 is 11.8. The van der Waals surface area contributed by atoms with Gasteiger partial charge >= 0.3 is 0 Å². The molecule has 1 N–H and O–H groups in total. The summed E-state index contributed by atoms with van der Waals surface area (Å²) in [5.74, 6) is -0.00987. The molecule has 0 saturated heterocycles. The first-order valence-electron chi connectivity index (χ1n) is 5.58. The molecule has 0 atom stereocenters. The van der Waals surface area contributed by atoms with Crippen LogP contribution in [0.2, 0.25) is 10.0 Å². The first kappa shape index (κ1) is 14.4. The summed E-state index contributed by atoms with van der Waals surface area (Å²) in [5.41, 5.74) is 1.29. The largest absolute Gasteiger partial charge is 0.508 e. The van der Waals surface area contributed by atoms with E-state index in [4.69, 9.17) is 23.2 Å². The van der Waals surface area contributed by atoms with Crippen molar-refractivity contribution in [2.75, 3.05) is 0 Å². The lowest BCUT2D eigenvalue weighted by Gasteiger charge is -2.01. The van der Waals surface area contributed by atoms with Crippen LogP contribution in [0, 0.1) is 4.91 Å². The second kappa shape index (κ2) is 6.45. The Morgan fingerprint density at radius 3 is 2.60 bits per heavy atom. The molecule has 5 nitrogen and oxygen atoms in total. The number of nitrogens with zero attached hydrogens (tertiary/aromatic N) is 3. The average Bonchev–Trinajstić information content (AvgIpc) is 2.43. The van der Waals surface area contributed by atoms with Gasteiger partial charge in [-0.25, -0.2) is 0 Å². The normalized spacial score (nSPS) is 10.9. The van der Waals surface area contributed by atoms with Crippen molar-refractivity contribution < 1.29 is 5.11 Å². The van der Waals surface area contributed by atoms with Gasteiger partial charge in [0, 0.05) is 10.6 Å². The van der Waals surface area contributed by atoms with Gasteiger partial charge in [-0.1, -0.05) is 28.4 Å². The maximum atomic E-state index is 10.3. The molecular weight excluding hydrogens is 301 g/mol. The van der Waals surface area contributed by atoms with Crippen LogP contribution in [0.1, 0.15) is 5.56 Å². The first-order valence-corrected chi connectivity index (χ1v) is 6.33. The van der Waals surface area contributed by atoms with E-state index in [1.807, 2.05) is 0 Å². The van der Waals surface area contributed by atoms with Crippen LogP contribution in [-0.4, -0.2) is 5.11 Å². The number of nitroso groups, excluding NO2 is 1. The summed E-state index contributed by atoms with van der Waals surface area (Å²) in [7, 11) is 0. The summed E-state index contributed by atoms with van der Waals surface area (Å²) in [4.78, 5) is 10.3. The van der Waals surface area contributed by atoms with Crippen molar-refractivity contribution in [1.82, 2.24) is 0 Å². The number of hydrogen-bond acceptors (Lipinski definition) is 5. The molecule has 0 heterocycles. The van der Waals surface area contributed by atoms with Crippen molar-refractivity contribution in [2.24, 2.45) is 15.4 Å². The van der Waals surface area contributed by atoms with E-state index < -0.39 is 0 Å². The highest BCUT2D eigenvalue weighted by Crippen LogP contribution is 2.30. The van der Waals surface area contributed by atoms with Crippen molar-refractivity contribution in [3.8, 4) is 5.75 Å². The number of phenols is 1. The van der Waals surface area contributed by atoms with Crippen LogP contribution in [0.4, 0.5) is 11.4 Å². The standard InChI is InChI=1S/C13H9Cl2N3O2/c14-9-1-3-11(15)12(6-9)18-17-10-2-4-13(19)8(5-10)7-16-20/h1-6,19H,7H2. The number of aromatic hydroxyl groups is 1. The third-order valence-electron chi connectivity index (χ3n) is 2.48. The zero-order valence-corrected chi connectivity index (χ0v) is 11.6. The van der Waals surface area contributed by atoms with Crippen LogP contribution in [-0.2, 0) is 6.54 Å². The lowest BCUT2D eigenvalue weighted by molar-refractivity contribution is 0.468. The summed E-state index contributed by atoms with van der Waals surface area (Å²) in [5, 5.41) is 21.2. The Labute approximate surface area is 124 Å². The molecule has 0 aromatic heterocycles. The zero-order chi connectivity index (χ0) is 14.5. The van der Waals surface area contributed by atoms with Crippen molar-refractivity contribution >= 4 is 34.6 Å². The van der Waals surface area contributed by atoms with Crippen LogP contribution in [0.15, 0.2) is 51.8 Å². The van der Waals surface area contributed by atoms with E-state index in [1.54, 1.807) is 24.3 Å². The Morgan fingerprint density at radius 1 is 1.05 bits per heavy atom. The highest BCUT2D eigenvalue weighted by Gasteiger charge is 2.03. The highest BCUT2D eigenvalue weighted by molar-refractivity contribution is 6.35. The van der Waals surface area contributed by atoms with E-state index in [2.05, 4.69) is 15.4 Å². The molecule has 0 radical (unpaired) electrons. The monoisotopic (exact) mass is 309 g/mol. The molecule has 7 heteroatoms. The van der Waals surface area contributed by atoms with Crippen LogP contribution < -0.4 is 0 Å². The molecule has 0 aliphatic heterocycles. The second-order valence-corrected chi connectivity index (χ2v) is 4.74. The van der Waals surface area contributed by atoms with Gasteiger partial charge in [0.25, 0.3) is 0 Å². The molecule has 20 heavy (non-hydrogen) atoms. The third-order valence-corrected chi connectivity index (χ3v) is 3.03. The fraction of sp³-hybridized carbons (Fsp3) is 0.0769. The Balaban J connectivity index is 2.29. The van der Waals surface area contributed by atoms with Gasteiger partial charge in [0.15, 0.2) is 0 Å². The minimum atomic E-state index is -0.132. The van der Waals surface area contributed by atoms with Crippen LogP contribution >= 0.6 is 23.2 Å². The van der Waals surface area contributed by atoms with E-state index in [0.717, 1.165) is 0 Å². The van der Waals surface area contributed by atoms with Crippen molar-refractivity contribution in [3.05, 3.63) is 56.9 Å². The summed E-state index contributed by atoms with van der Waals surface area (Å²) in [6.45, 7) is -0.132. The van der Waals surface area contributed by atoms with Gasteiger partial charge in [0.2, 0.25) is 0 Å². The van der Waals surface area contributed by atoms with E-state index in [9.17, 15) is 10.0 Å². The van der Waals surface area contributed by atoms with Crippen molar-refractivity contribution in [1.29, 1.82) is 0 Å². The molecule has 0 amide bonds. The smallest absolute Gasteiger partial charge is 0.120 e. The molecule has 0 unspecified atom stereocenters. The molecule has 0 saturated carbocycles. The number of azo groups is 1. The molecule has 2 aromatic rings. The molecule has 0 aliphatic rings. The molecule has 102 valence electrons. The van der Waals surface area contributed by atoms with Crippen LogP contribution in [0.5, 0.6) is 5.75 Å². The minimum absolute atomic E-state index is 0.00987. The number of halogens is 2. The van der Waals surface area contributed by atoms with Gasteiger partial charge in [-0.3, -0.25) is 0 Å². The second-order valence-electron chi connectivity index (χ2n) is 3.90. The lowest BCUT2D eigenvalue weighted by atomic mass is 10.2. The molecule has 0 bridgehead atoms. The number of hydrogen-bond donors (Lipinski definition) is 1. The molecule has 0 fully saturated rings. The van der Waals surface area contributed by atoms with Gasteiger partial charge in [-0.15, -0.1) is 5.11 Å². The molecule has 0 spiro atoms. The number of phenolic OH excluding ortho intramolecular Hbond substituents is 1. The molecule has 2 aromatic carbocycles. The third kappa shape index (κ3) is 3.53. The topological polar surface area (TPSA) is 74.4 Å². The highest BCUT2D eigenvalue weighted by atomic mass is 35.5. The van der Waals surface area contributed by atoms with Gasteiger partial charge in [-0.05, 0) is 36.4 Å². The number of benzene rings is 2. The van der Waals surface area contributed by atoms with E-state index in [0.29, 0.717) is 27.0 Å². The maximum absolute atomic E-state index is 10.3. The van der Waals surface area contributed by atoms with Crippen molar-refractivity contribution in [3.63, 3.8) is 0 Å². The van der Waals surface area contributed by atoms with Crippen molar-refractivity contribution in [2.45, 2.75) is 6.54 Å². The first-order chi connectivity index (χ1) is 9.60. The maximum Gasteiger partial charge on any atom is 0.120 e. The van der Waals surface area contributed by atoms with Gasteiger partial charge in [0.1, 0.15) is 18.0 Å². The van der Waals surface area contributed by atoms with E-state index in [1.165, 1.54) is 12.1 Å². The molecule has 0 aliphatic carbocycles. The van der Waals surface area contributed by atoms with Crippen LogP contribution in [0.25, 0.3) is 0 Å². The fourth-order valence-corrected chi connectivity index (χ4v) is 1.83. The summed E-state index contributed by atoms with van der Waals surface area (Å²) in [6, 6.07) is 9.37. The summed E-state index contributed by atoms with van der Waals surface area (Å²) in [6.07, 6.45) is 0. The lowest BCUT2D eigenvalue weighted by Crippen LogP contribution is -1.81. The number of rotatable bonds is 4. The van der Waals surface area contributed by atoms with E-state index >= 15 is 0 Å². The van der Waals surface area contributed by atoms with Gasteiger partial charge < -0.3 is 5.11 Å². The Morgan fingerprint density at radius 2 is 1.85 bits per heavy atom. The molecular formula is C13H9Cl2N3O2. The Bertz CT molecular complexity index is 675. The average molecular weight is 310 g/mol. The van der Waals surface area contributed by atoms with Gasteiger partial charge in [0.05, 0.1) is 10.7 Å².